The molecule has 3 aromatic rings. The van der Waals surface area contributed by atoms with Crippen molar-refractivity contribution in [2.24, 2.45) is 0 Å². The molecule has 2 aromatic carbocycles. The molecule has 1 atom stereocenters. The summed E-state index contributed by atoms with van der Waals surface area (Å²) in [6, 6.07) is 14.4. The zero-order valence-corrected chi connectivity index (χ0v) is 17.5. The van der Waals surface area contributed by atoms with Crippen molar-refractivity contribution in [2.75, 3.05) is 32.6 Å². The molecule has 0 aliphatic rings. The van der Waals surface area contributed by atoms with Gasteiger partial charge in [-0.3, -0.25) is 5.10 Å². The summed E-state index contributed by atoms with van der Waals surface area (Å²) in [5.41, 5.74) is 3.94. The van der Waals surface area contributed by atoms with E-state index in [0.29, 0.717) is 18.6 Å². The van der Waals surface area contributed by atoms with Crippen LogP contribution >= 0.6 is 0 Å². The first kappa shape index (κ1) is 20.9. The summed E-state index contributed by atoms with van der Waals surface area (Å²) in [5, 5.41) is 19.9. The van der Waals surface area contributed by atoms with Gasteiger partial charge in [-0.15, -0.1) is 0 Å². The highest BCUT2D eigenvalue weighted by atomic mass is 16.5. The second-order valence-electron chi connectivity index (χ2n) is 7.85. The molecular formula is C23H31N5O. The first-order valence-corrected chi connectivity index (χ1v) is 10.1. The second kappa shape index (κ2) is 10.1. The summed E-state index contributed by atoms with van der Waals surface area (Å²) in [4.78, 5) is 2.16. The molecule has 0 aliphatic heterocycles. The number of ether oxygens (including phenoxy) is 1. The van der Waals surface area contributed by atoms with E-state index in [4.69, 9.17) is 10.1 Å². The Kier molecular flexibility index (Phi) is 7.25. The lowest BCUT2D eigenvalue weighted by Gasteiger charge is -2.16. The highest BCUT2D eigenvalue weighted by Gasteiger charge is 2.08. The molecule has 0 radical (unpaired) electrons. The van der Waals surface area contributed by atoms with Crippen molar-refractivity contribution in [3.05, 3.63) is 54.2 Å². The van der Waals surface area contributed by atoms with Crippen LogP contribution in [0.3, 0.4) is 0 Å². The third-order valence-electron chi connectivity index (χ3n) is 4.77. The number of fused-ring (bicyclic) bond motifs is 1. The third-order valence-corrected chi connectivity index (χ3v) is 4.77. The summed E-state index contributed by atoms with van der Waals surface area (Å²) in [5.74, 6) is 0.892. The summed E-state index contributed by atoms with van der Waals surface area (Å²) in [7, 11) is 4.14. The Hall–Kier alpha value is -2.86. The van der Waals surface area contributed by atoms with Gasteiger partial charge < -0.3 is 20.4 Å². The van der Waals surface area contributed by atoms with Gasteiger partial charge in [-0.25, -0.2) is 0 Å². The van der Waals surface area contributed by atoms with Gasteiger partial charge in [0, 0.05) is 42.2 Å². The number of nitrogens with zero attached hydrogens (tertiary/aromatic N) is 2. The van der Waals surface area contributed by atoms with Crippen LogP contribution in [0.1, 0.15) is 25.3 Å². The third kappa shape index (κ3) is 6.61. The Morgan fingerprint density at radius 1 is 1.21 bits per heavy atom. The average Bonchev–Trinajstić information content (AvgIpc) is 3.14. The van der Waals surface area contributed by atoms with E-state index in [2.05, 4.69) is 59.6 Å². The fourth-order valence-electron chi connectivity index (χ4n) is 3.33. The van der Waals surface area contributed by atoms with Crippen LogP contribution in [0.4, 0.5) is 5.69 Å². The van der Waals surface area contributed by atoms with Crippen LogP contribution in [0.25, 0.3) is 10.9 Å². The predicted molar refractivity (Wildman–Crippen MR) is 120 cm³/mol. The molecule has 0 spiro atoms. The van der Waals surface area contributed by atoms with Crippen LogP contribution in [0.15, 0.2) is 48.7 Å². The molecular weight excluding hydrogens is 362 g/mol. The molecule has 1 unspecified atom stereocenters. The van der Waals surface area contributed by atoms with Crippen LogP contribution in [0.2, 0.25) is 0 Å². The van der Waals surface area contributed by atoms with Crippen LogP contribution in [-0.2, 0) is 6.42 Å². The molecule has 0 bridgehead atoms. The average molecular weight is 394 g/mol. The van der Waals surface area contributed by atoms with Crippen molar-refractivity contribution >= 4 is 22.3 Å². The number of aromatic amines is 1. The lowest BCUT2D eigenvalue weighted by molar-refractivity contribution is 0.281. The molecule has 0 saturated heterocycles. The minimum atomic E-state index is 0.186. The van der Waals surface area contributed by atoms with Gasteiger partial charge in [0.25, 0.3) is 0 Å². The summed E-state index contributed by atoms with van der Waals surface area (Å²) in [6.07, 6.45) is 4.20. The van der Waals surface area contributed by atoms with E-state index >= 15 is 0 Å². The van der Waals surface area contributed by atoms with E-state index in [1.807, 2.05) is 30.5 Å². The molecule has 0 saturated carbocycles. The molecule has 0 fully saturated rings. The van der Waals surface area contributed by atoms with Crippen molar-refractivity contribution in [1.29, 1.82) is 5.41 Å². The number of anilines is 1. The lowest BCUT2D eigenvalue weighted by atomic mass is 10.0. The molecule has 1 aromatic heterocycles. The number of hydrogen-bond acceptors (Lipinski definition) is 5. The second-order valence-corrected chi connectivity index (χ2v) is 7.85. The first-order chi connectivity index (χ1) is 14.0. The Bertz CT molecular complexity index is 916. The molecule has 29 heavy (non-hydrogen) atoms. The van der Waals surface area contributed by atoms with Crippen LogP contribution in [0, 0.1) is 5.41 Å². The fraction of sp³-hybridized carbons (Fsp3) is 0.391. The molecule has 3 N–H and O–H groups in total. The van der Waals surface area contributed by atoms with Gasteiger partial charge in [-0.1, -0.05) is 12.1 Å². The standard InChI is InChI=1S/C23H31N5O/c1-17(26-21-7-10-23-19(15-21)16-25-27-23)13-20(24)14-18-5-8-22(9-6-18)29-12-4-11-28(2)3/h5-10,15-17,24,26H,4,11-14H2,1-3H3,(H,25,27). The van der Waals surface area contributed by atoms with Crippen molar-refractivity contribution in [2.45, 2.75) is 32.2 Å². The van der Waals surface area contributed by atoms with Gasteiger partial charge >= 0.3 is 0 Å². The zero-order chi connectivity index (χ0) is 20.6. The van der Waals surface area contributed by atoms with Crippen molar-refractivity contribution < 1.29 is 4.74 Å². The molecule has 3 rings (SSSR count). The predicted octanol–water partition coefficient (Wildman–Crippen LogP) is 4.35. The number of benzene rings is 2. The summed E-state index contributed by atoms with van der Waals surface area (Å²) >= 11 is 0. The normalized spacial score (nSPS) is 12.3. The Balaban J connectivity index is 1.43. The number of nitrogens with one attached hydrogen (secondary N) is 3. The molecule has 0 aliphatic carbocycles. The Morgan fingerprint density at radius 2 is 2.00 bits per heavy atom. The topological polar surface area (TPSA) is 77.0 Å². The van der Waals surface area contributed by atoms with Gasteiger partial charge in [0.05, 0.1) is 18.3 Å². The Labute approximate surface area is 172 Å². The molecule has 1 heterocycles. The number of hydrogen-bond donors (Lipinski definition) is 3. The monoisotopic (exact) mass is 393 g/mol. The van der Waals surface area contributed by atoms with Crippen molar-refractivity contribution in [3.63, 3.8) is 0 Å². The highest BCUT2D eigenvalue weighted by Crippen LogP contribution is 2.19. The SMILES string of the molecule is CC(CC(=N)Cc1ccc(OCCCN(C)C)cc1)Nc1ccc2[nH]ncc2c1. The largest absolute Gasteiger partial charge is 0.494 e. The van der Waals surface area contributed by atoms with Gasteiger partial charge in [0.2, 0.25) is 0 Å². The minimum absolute atomic E-state index is 0.186. The van der Waals surface area contributed by atoms with Gasteiger partial charge in [-0.05, 0) is 63.3 Å². The molecule has 6 nitrogen and oxygen atoms in total. The molecule has 154 valence electrons. The zero-order valence-electron chi connectivity index (χ0n) is 17.5. The van der Waals surface area contributed by atoms with Crippen molar-refractivity contribution in [1.82, 2.24) is 15.1 Å². The lowest BCUT2D eigenvalue weighted by Crippen LogP contribution is -2.20. The van der Waals surface area contributed by atoms with Gasteiger partial charge in [0.1, 0.15) is 5.75 Å². The molecule has 0 amide bonds. The van der Waals surface area contributed by atoms with E-state index in [-0.39, 0.29) is 6.04 Å². The van der Waals surface area contributed by atoms with E-state index in [0.717, 1.165) is 47.5 Å². The van der Waals surface area contributed by atoms with E-state index in [1.165, 1.54) is 0 Å². The minimum Gasteiger partial charge on any atom is -0.494 e. The van der Waals surface area contributed by atoms with Gasteiger partial charge in [-0.2, -0.15) is 5.10 Å². The van der Waals surface area contributed by atoms with Gasteiger partial charge in [0.15, 0.2) is 0 Å². The number of aromatic nitrogens is 2. The van der Waals surface area contributed by atoms with Crippen LogP contribution in [-0.4, -0.2) is 54.1 Å². The molecule has 6 heteroatoms. The first-order valence-electron chi connectivity index (χ1n) is 10.1. The number of rotatable bonds is 11. The summed E-state index contributed by atoms with van der Waals surface area (Å²) in [6.45, 7) is 3.86. The van der Waals surface area contributed by atoms with Crippen molar-refractivity contribution in [3.8, 4) is 5.75 Å². The quantitative estimate of drug-likeness (QED) is 0.334. The maximum atomic E-state index is 8.37. The maximum Gasteiger partial charge on any atom is 0.119 e. The smallest absolute Gasteiger partial charge is 0.119 e. The Morgan fingerprint density at radius 3 is 2.76 bits per heavy atom. The van der Waals surface area contributed by atoms with E-state index in [1.54, 1.807) is 0 Å². The van der Waals surface area contributed by atoms with Crippen LogP contribution in [0.5, 0.6) is 5.75 Å². The highest BCUT2D eigenvalue weighted by molar-refractivity contribution is 5.85. The van der Waals surface area contributed by atoms with E-state index < -0.39 is 0 Å². The fourth-order valence-corrected chi connectivity index (χ4v) is 3.33. The maximum absolute atomic E-state index is 8.37. The summed E-state index contributed by atoms with van der Waals surface area (Å²) < 4.78 is 5.77. The number of H-pyrrole nitrogens is 1. The van der Waals surface area contributed by atoms with Crippen LogP contribution < -0.4 is 10.1 Å². The van der Waals surface area contributed by atoms with E-state index in [9.17, 15) is 0 Å².